The lowest BCUT2D eigenvalue weighted by atomic mass is 10.0. The second-order valence-electron chi connectivity index (χ2n) is 7.85. The molecule has 0 spiro atoms. The van der Waals surface area contributed by atoms with Crippen LogP contribution in [0.2, 0.25) is 5.02 Å². The number of nitrogens with zero attached hydrogens (tertiary/aromatic N) is 1. The molecule has 1 saturated heterocycles. The van der Waals surface area contributed by atoms with Crippen LogP contribution in [0.5, 0.6) is 0 Å². The van der Waals surface area contributed by atoms with Gasteiger partial charge in [-0.15, -0.1) is 24.8 Å². The Morgan fingerprint density at radius 1 is 1.10 bits per heavy atom. The van der Waals surface area contributed by atoms with Gasteiger partial charge in [0.15, 0.2) is 0 Å². The second kappa shape index (κ2) is 9.16. The normalized spacial score (nSPS) is 16.7. The van der Waals surface area contributed by atoms with Crippen molar-refractivity contribution in [2.75, 3.05) is 13.1 Å². The molecule has 30 heavy (non-hydrogen) atoms. The summed E-state index contributed by atoms with van der Waals surface area (Å²) in [6, 6.07) is 12.8. The molecule has 4 N–H and O–H groups in total. The van der Waals surface area contributed by atoms with Crippen molar-refractivity contribution in [2.24, 2.45) is 5.73 Å². The van der Waals surface area contributed by atoms with E-state index in [1.54, 1.807) is 0 Å². The van der Waals surface area contributed by atoms with E-state index in [2.05, 4.69) is 39.5 Å². The van der Waals surface area contributed by atoms with Crippen LogP contribution >= 0.6 is 36.4 Å². The van der Waals surface area contributed by atoms with Gasteiger partial charge in [-0.25, -0.2) is 0 Å². The molecule has 2 aliphatic heterocycles. The SMILES string of the molecule is Cl.Cl.NC1CCN(Cc2ccc3[nH]c(-c4ccc(Cl)c5c4C(=O)NC5)cc3c2)CC1. The van der Waals surface area contributed by atoms with E-state index in [0.717, 1.165) is 60.2 Å². The van der Waals surface area contributed by atoms with Crippen LogP contribution in [0.15, 0.2) is 36.4 Å². The lowest BCUT2D eigenvalue weighted by molar-refractivity contribution is 0.0966. The Morgan fingerprint density at radius 2 is 1.87 bits per heavy atom. The van der Waals surface area contributed by atoms with Crippen molar-refractivity contribution in [3.63, 3.8) is 0 Å². The molecule has 0 bridgehead atoms. The molecule has 3 aromatic rings. The molecule has 0 unspecified atom stereocenters. The molecule has 1 fully saturated rings. The summed E-state index contributed by atoms with van der Waals surface area (Å²) in [6.45, 7) is 3.56. The number of H-pyrrole nitrogens is 1. The predicted octanol–water partition coefficient (Wildman–Crippen LogP) is 4.50. The second-order valence-corrected chi connectivity index (χ2v) is 8.26. The molecule has 1 amide bonds. The Bertz CT molecular complexity index is 1070. The first kappa shape index (κ1) is 22.9. The van der Waals surface area contributed by atoms with Crippen LogP contribution in [0.4, 0.5) is 0 Å². The molecule has 8 heteroatoms. The Kier molecular flexibility index (Phi) is 7.00. The number of nitrogens with two attached hydrogens (primary N) is 1. The van der Waals surface area contributed by atoms with E-state index >= 15 is 0 Å². The first-order valence-electron chi connectivity index (χ1n) is 9.78. The Hall–Kier alpha value is -1.76. The number of aromatic amines is 1. The van der Waals surface area contributed by atoms with Gasteiger partial charge < -0.3 is 16.0 Å². The highest BCUT2D eigenvalue weighted by Crippen LogP contribution is 2.34. The van der Waals surface area contributed by atoms with Crippen molar-refractivity contribution in [3.05, 3.63) is 58.1 Å². The first-order valence-corrected chi connectivity index (χ1v) is 10.2. The summed E-state index contributed by atoms with van der Waals surface area (Å²) in [7, 11) is 0. The van der Waals surface area contributed by atoms with E-state index < -0.39 is 0 Å². The van der Waals surface area contributed by atoms with E-state index in [9.17, 15) is 4.79 Å². The van der Waals surface area contributed by atoms with Crippen molar-refractivity contribution < 1.29 is 4.79 Å². The van der Waals surface area contributed by atoms with E-state index in [4.69, 9.17) is 17.3 Å². The number of fused-ring (bicyclic) bond motifs is 2. The lowest BCUT2D eigenvalue weighted by Crippen LogP contribution is -2.39. The Labute approximate surface area is 193 Å². The van der Waals surface area contributed by atoms with Gasteiger partial charge in [0.05, 0.1) is 5.56 Å². The number of carbonyl (C=O) groups excluding carboxylic acids is 1. The highest BCUT2D eigenvalue weighted by Gasteiger charge is 2.26. The minimum Gasteiger partial charge on any atom is -0.355 e. The summed E-state index contributed by atoms with van der Waals surface area (Å²) in [6.07, 6.45) is 2.14. The summed E-state index contributed by atoms with van der Waals surface area (Å²) < 4.78 is 0. The average Bonchev–Trinajstić information content (AvgIpc) is 3.28. The number of likely N-dealkylation sites (tertiary alicyclic amines) is 1. The first-order chi connectivity index (χ1) is 13.6. The summed E-state index contributed by atoms with van der Waals surface area (Å²) in [5.74, 6) is -0.0600. The minimum atomic E-state index is -0.0600. The number of halogens is 3. The summed E-state index contributed by atoms with van der Waals surface area (Å²) >= 11 is 6.28. The maximum absolute atomic E-state index is 12.3. The Balaban J connectivity index is 0.00000128. The fourth-order valence-electron chi connectivity index (χ4n) is 4.33. The largest absolute Gasteiger partial charge is 0.355 e. The minimum absolute atomic E-state index is 0. The third-order valence-electron chi connectivity index (χ3n) is 5.92. The van der Waals surface area contributed by atoms with E-state index in [-0.39, 0.29) is 30.7 Å². The third-order valence-corrected chi connectivity index (χ3v) is 6.28. The quantitative estimate of drug-likeness (QED) is 0.531. The van der Waals surface area contributed by atoms with Gasteiger partial charge in [0.1, 0.15) is 0 Å². The molecule has 1 aromatic heterocycles. The van der Waals surface area contributed by atoms with Crippen LogP contribution in [-0.2, 0) is 13.1 Å². The van der Waals surface area contributed by atoms with Gasteiger partial charge >= 0.3 is 0 Å². The van der Waals surface area contributed by atoms with Gasteiger partial charge in [0.25, 0.3) is 5.91 Å². The van der Waals surface area contributed by atoms with Crippen molar-refractivity contribution >= 4 is 53.2 Å². The topological polar surface area (TPSA) is 74.1 Å². The number of nitrogens with one attached hydrogen (secondary N) is 2. The molecule has 0 radical (unpaired) electrons. The third kappa shape index (κ3) is 4.18. The smallest absolute Gasteiger partial charge is 0.252 e. The standard InChI is InChI=1S/C22H23ClN4O.2ClH/c23-18-3-2-16(21-17(18)11-25-22(21)28)20-10-14-9-13(1-4-19(14)26-20)12-27-7-5-15(24)6-8-27;;/h1-4,9-10,15,26H,5-8,11-12,24H2,(H,25,28);2*1H. The lowest BCUT2D eigenvalue weighted by Gasteiger charge is -2.30. The van der Waals surface area contributed by atoms with Crippen LogP contribution in [0.25, 0.3) is 22.2 Å². The van der Waals surface area contributed by atoms with Gasteiger partial charge in [0.2, 0.25) is 0 Å². The maximum Gasteiger partial charge on any atom is 0.252 e. The van der Waals surface area contributed by atoms with Crippen molar-refractivity contribution in [1.29, 1.82) is 0 Å². The van der Waals surface area contributed by atoms with Crippen LogP contribution in [0, 0.1) is 0 Å². The van der Waals surface area contributed by atoms with Crippen molar-refractivity contribution in [2.45, 2.75) is 32.0 Å². The van der Waals surface area contributed by atoms with E-state index in [1.165, 1.54) is 5.56 Å². The fourth-order valence-corrected chi connectivity index (χ4v) is 4.56. The van der Waals surface area contributed by atoms with Crippen molar-refractivity contribution in [3.8, 4) is 11.3 Å². The molecule has 160 valence electrons. The Morgan fingerprint density at radius 3 is 2.63 bits per heavy atom. The van der Waals surface area contributed by atoms with Gasteiger partial charge in [-0.05, 0) is 55.8 Å². The number of hydrogen-bond acceptors (Lipinski definition) is 3. The van der Waals surface area contributed by atoms with Gasteiger partial charge in [0, 0.05) is 51.9 Å². The average molecular weight is 468 g/mol. The highest BCUT2D eigenvalue weighted by atomic mass is 35.5. The van der Waals surface area contributed by atoms with Gasteiger partial charge in [-0.2, -0.15) is 0 Å². The zero-order valence-electron chi connectivity index (χ0n) is 16.4. The molecule has 5 nitrogen and oxygen atoms in total. The molecule has 5 rings (SSSR count). The number of amides is 1. The molecule has 0 aliphatic carbocycles. The molecular weight excluding hydrogens is 443 g/mol. The van der Waals surface area contributed by atoms with Crippen LogP contribution in [0.1, 0.15) is 34.3 Å². The number of carbonyl (C=O) groups is 1. The summed E-state index contributed by atoms with van der Waals surface area (Å²) in [4.78, 5) is 18.3. The number of rotatable bonds is 3. The van der Waals surface area contributed by atoms with Crippen LogP contribution < -0.4 is 11.1 Å². The molecule has 2 aromatic carbocycles. The zero-order chi connectivity index (χ0) is 19.3. The molecule has 3 heterocycles. The van der Waals surface area contributed by atoms with Crippen LogP contribution in [0.3, 0.4) is 0 Å². The number of hydrogen-bond donors (Lipinski definition) is 3. The summed E-state index contributed by atoms with van der Waals surface area (Å²) in [5.41, 5.74) is 11.8. The van der Waals surface area contributed by atoms with E-state index in [0.29, 0.717) is 23.2 Å². The molecule has 0 saturated carbocycles. The maximum atomic E-state index is 12.3. The van der Waals surface area contributed by atoms with Crippen LogP contribution in [-0.4, -0.2) is 34.9 Å². The predicted molar refractivity (Wildman–Crippen MR) is 127 cm³/mol. The van der Waals surface area contributed by atoms with Gasteiger partial charge in [-0.3, -0.25) is 9.69 Å². The summed E-state index contributed by atoms with van der Waals surface area (Å²) in [5, 5.41) is 4.67. The molecular formula is C22H25Cl3N4O. The fraction of sp³-hybridized carbons (Fsp3) is 0.318. The number of benzene rings is 2. The van der Waals surface area contributed by atoms with Crippen molar-refractivity contribution in [1.82, 2.24) is 15.2 Å². The van der Waals surface area contributed by atoms with E-state index in [1.807, 2.05) is 12.1 Å². The zero-order valence-corrected chi connectivity index (χ0v) is 18.8. The molecule has 0 atom stereocenters. The van der Waals surface area contributed by atoms with Gasteiger partial charge in [-0.1, -0.05) is 23.7 Å². The molecule has 2 aliphatic rings. The number of piperidine rings is 1. The highest BCUT2D eigenvalue weighted by molar-refractivity contribution is 6.32. The number of aromatic nitrogens is 1. The monoisotopic (exact) mass is 466 g/mol.